The van der Waals surface area contributed by atoms with Crippen LogP contribution in [0, 0.1) is 11.8 Å². The monoisotopic (exact) mass is 227 g/mol. The van der Waals surface area contributed by atoms with E-state index in [0.29, 0.717) is 12.5 Å². The number of nitrogens with zero attached hydrogens (tertiary/aromatic N) is 1. The van der Waals surface area contributed by atoms with E-state index in [2.05, 4.69) is 18.7 Å². The van der Waals surface area contributed by atoms with Gasteiger partial charge in [-0.2, -0.15) is 0 Å². The number of rotatable bonds is 8. The summed E-state index contributed by atoms with van der Waals surface area (Å²) in [5.41, 5.74) is 0. The van der Waals surface area contributed by atoms with Gasteiger partial charge < -0.3 is 9.64 Å². The van der Waals surface area contributed by atoms with Crippen LogP contribution in [0.25, 0.3) is 0 Å². The second-order valence-corrected chi connectivity index (χ2v) is 4.65. The van der Waals surface area contributed by atoms with Crippen LogP contribution in [0.3, 0.4) is 0 Å². The zero-order chi connectivity index (χ0) is 12.0. The van der Waals surface area contributed by atoms with Crippen molar-refractivity contribution in [3.05, 3.63) is 0 Å². The van der Waals surface area contributed by atoms with Crippen LogP contribution < -0.4 is 0 Å². The van der Waals surface area contributed by atoms with Gasteiger partial charge >= 0.3 is 5.97 Å². The molecule has 0 saturated heterocycles. The highest BCUT2D eigenvalue weighted by molar-refractivity contribution is 5.75. The number of ether oxygens (including phenoxy) is 1. The lowest BCUT2D eigenvalue weighted by Crippen LogP contribution is -2.28. The zero-order valence-electron chi connectivity index (χ0n) is 10.9. The Morgan fingerprint density at radius 1 is 1.25 bits per heavy atom. The molecule has 1 rings (SSSR count). The van der Waals surface area contributed by atoms with Gasteiger partial charge in [-0.15, -0.1) is 0 Å². The Bertz CT molecular complexity index is 212. The summed E-state index contributed by atoms with van der Waals surface area (Å²) in [6.45, 7) is 10.2. The molecule has 1 fully saturated rings. The highest BCUT2D eigenvalue weighted by Gasteiger charge is 2.44. The molecular weight excluding hydrogens is 202 g/mol. The van der Waals surface area contributed by atoms with E-state index in [4.69, 9.17) is 4.74 Å². The number of hydrogen-bond donors (Lipinski definition) is 0. The molecule has 0 heterocycles. The second kappa shape index (κ2) is 6.89. The summed E-state index contributed by atoms with van der Waals surface area (Å²) in [4.78, 5) is 13.9. The summed E-state index contributed by atoms with van der Waals surface area (Å²) in [7, 11) is 0. The van der Waals surface area contributed by atoms with Crippen LogP contribution in [0.5, 0.6) is 0 Å². The first-order valence-corrected chi connectivity index (χ1v) is 6.61. The summed E-state index contributed by atoms with van der Waals surface area (Å²) in [5.74, 6) is 0.758. The highest BCUT2D eigenvalue weighted by Crippen LogP contribution is 2.40. The van der Waals surface area contributed by atoms with Crippen molar-refractivity contribution in [3.63, 3.8) is 0 Å². The predicted octanol–water partition coefficient (Wildman–Crippen LogP) is 2.31. The Balaban J connectivity index is 2.25. The van der Waals surface area contributed by atoms with Crippen molar-refractivity contribution in [3.8, 4) is 0 Å². The summed E-state index contributed by atoms with van der Waals surface area (Å²) in [6, 6.07) is 0. The normalized spacial score (nSPS) is 23.5. The average Bonchev–Trinajstić information content (AvgIpc) is 2.98. The molecule has 0 aromatic rings. The van der Waals surface area contributed by atoms with E-state index in [1.54, 1.807) is 0 Å². The molecule has 3 heteroatoms. The van der Waals surface area contributed by atoms with Gasteiger partial charge in [-0.3, -0.25) is 4.79 Å². The minimum absolute atomic E-state index is 0.0143. The Labute approximate surface area is 99.1 Å². The van der Waals surface area contributed by atoms with Gasteiger partial charge in [0, 0.05) is 6.54 Å². The quantitative estimate of drug-likeness (QED) is 0.596. The van der Waals surface area contributed by atoms with Gasteiger partial charge in [0.1, 0.15) is 0 Å². The van der Waals surface area contributed by atoms with E-state index in [1.165, 1.54) is 12.8 Å². The highest BCUT2D eigenvalue weighted by atomic mass is 16.5. The van der Waals surface area contributed by atoms with Crippen molar-refractivity contribution in [2.75, 3.05) is 26.2 Å². The zero-order valence-corrected chi connectivity index (χ0v) is 10.9. The van der Waals surface area contributed by atoms with Crippen molar-refractivity contribution in [2.24, 2.45) is 11.8 Å². The molecule has 3 nitrogen and oxygen atoms in total. The van der Waals surface area contributed by atoms with Gasteiger partial charge in [0.05, 0.1) is 12.5 Å². The SMILES string of the molecule is CCCN(CCC)CC1CC1C(=O)OCC. The predicted molar refractivity (Wildman–Crippen MR) is 65.3 cm³/mol. The molecule has 0 bridgehead atoms. The molecule has 1 aliphatic rings. The average molecular weight is 227 g/mol. The summed E-state index contributed by atoms with van der Waals surface area (Å²) >= 11 is 0. The van der Waals surface area contributed by atoms with E-state index >= 15 is 0 Å². The van der Waals surface area contributed by atoms with Gasteiger partial charge in [0.15, 0.2) is 0 Å². The van der Waals surface area contributed by atoms with Gasteiger partial charge in [-0.05, 0) is 45.2 Å². The van der Waals surface area contributed by atoms with Crippen LogP contribution in [0.15, 0.2) is 0 Å². The summed E-state index contributed by atoms with van der Waals surface area (Å²) in [6.07, 6.45) is 3.41. The number of carbonyl (C=O) groups is 1. The largest absolute Gasteiger partial charge is 0.466 e. The molecule has 2 unspecified atom stereocenters. The van der Waals surface area contributed by atoms with Crippen molar-refractivity contribution in [1.29, 1.82) is 0 Å². The smallest absolute Gasteiger partial charge is 0.309 e. The van der Waals surface area contributed by atoms with Crippen molar-refractivity contribution in [2.45, 2.75) is 40.0 Å². The maximum absolute atomic E-state index is 11.5. The molecular formula is C13H25NO2. The first kappa shape index (κ1) is 13.5. The molecule has 0 aromatic heterocycles. The van der Waals surface area contributed by atoms with Crippen molar-refractivity contribution >= 4 is 5.97 Å². The number of hydrogen-bond acceptors (Lipinski definition) is 3. The molecule has 1 saturated carbocycles. The maximum atomic E-state index is 11.5. The van der Waals surface area contributed by atoms with Crippen LogP contribution in [0.4, 0.5) is 0 Å². The minimum Gasteiger partial charge on any atom is -0.466 e. The molecule has 0 amide bonds. The Kier molecular flexibility index (Phi) is 5.81. The van der Waals surface area contributed by atoms with E-state index in [1.807, 2.05) is 6.92 Å². The minimum atomic E-state index is 0.0143. The summed E-state index contributed by atoms with van der Waals surface area (Å²) < 4.78 is 5.04. The fourth-order valence-corrected chi connectivity index (χ4v) is 2.25. The lowest BCUT2D eigenvalue weighted by molar-refractivity contribution is -0.145. The first-order chi connectivity index (χ1) is 7.72. The molecule has 0 aliphatic heterocycles. The van der Waals surface area contributed by atoms with Gasteiger partial charge in [-0.25, -0.2) is 0 Å². The fraction of sp³-hybridized carbons (Fsp3) is 0.923. The maximum Gasteiger partial charge on any atom is 0.309 e. The molecule has 1 aliphatic carbocycles. The van der Waals surface area contributed by atoms with Crippen LogP contribution in [0.2, 0.25) is 0 Å². The Morgan fingerprint density at radius 3 is 2.38 bits per heavy atom. The van der Waals surface area contributed by atoms with Gasteiger partial charge in [0.25, 0.3) is 0 Å². The Morgan fingerprint density at radius 2 is 1.88 bits per heavy atom. The second-order valence-electron chi connectivity index (χ2n) is 4.65. The number of carbonyl (C=O) groups excluding carboxylic acids is 1. The molecule has 0 N–H and O–H groups in total. The first-order valence-electron chi connectivity index (χ1n) is 6.61. The van der Waals surface area contributed by atoms with E-state index in [9.17, 15) is 4.79 Å². The topological polar surface area (TPSA) is 29.5 Å². The van der Waals surface area contributed by atoms with Gasteiger partial charge in [0.2, 0.25) is 0 Å². The van der Waals surface area contributed by atoms with Gasteiger partial charge in [-0.1, -0.05) is 13.8 Å². The molecule has 0 radical (unpaired) electrons. The summed E-state index contributed by atoms with van der Waals surface area (Å²) in [5, 5.41) is 0. The third-order valence-corrected chi connectivity index (χ3v) is 3.08. The molecule has 16 heavy (non-hydrogen) atoms. The molecule has 2 atom stereocenters. The van der Waals surface area contributed by atoms with Crippen molar-refractivity contribution < 1.29 is 9.53 Å². The van der Waals surface area contributed by atoms with Crippen LogP contribution in [0.1, 0.15) is 40.0 Å². The van der Waals surface area contributed by atoms with E-state index in [0.717, 1.165) is 26.1 Å². The lowest BCUT2D eigenvalue weighted by Gasteiger charge is -2.20. The molecule has 94 valence electrons. The Hall–Kier alpha value is -0.570. The van der Waals surface area contributed by atoms with E-state index in [-0.39, 0.29) is 11.9 Å². The van der Waals surface area contributed by atoms with E-state index < -0.39 is 0 Å². The van der Waals surface area contributed by atoms with Crippen LogP contribution in [-0.4, -0.2) is 37.1 Å². The van der Waals surface area contributed by atoms with Crippen molar-refractivity contribution in [1.82, 2.24) is 4.90 Å². The molecule has 0 spiro atoms. The van der Waals surface area contributed by atoms with Crippen LogP contribution >= 0.6 is 0 Å². The lowest BCUT2D eigenvalue weighted by atomic mass is 10.2. The standard InChI is InChI=1S/C13H25NO2/c1-4-7-14(8-5-2)10-11-9-12(11)13(15)16-6-3/h11-12H,4-10H2,1-3H3. The van der Waals surface area contributed by atoms with Crippen LogP contribution in [-0.2, 0) is 9.53 Å². The third-order valence-electron chi connectivity index (χ3n) is 3.08. The number of esters is 1. The molecule has 0 aromatic carbocycles. The fourth-order valence-electron chi connectivity index (χ4n) is 2.25. The third kappa shape index (κ3) is 4.12.